The maximum atomic E-state index is 12.8. The minimum Gasteiger partial charge on any atom is -0.491 e. The van der Waals surface area contributed by atoms with Crippen LogP contribution >= 0.6 is 12.4 Å². The van der Waals surface area contributed by atoms with Crippen molar-refractivity contribution in [3.05, 3.63) is 65.5 Å². The number of rotatable bonds is 6. The largest absolute Gasteiger partial charge is 0.491 e. The number of fused-ring (bicyclic) bond motifs is 1. The molecule has 0 bridgehead atoms. The maximum Gasteiger partial charge on any atom is 0.241 e. The van der Waals surface area contributed by atoms with E-state index in [1.165, 1.54) is 29.8 Å². The molecule has 1 amide bonds. The number of ether oxygens (including phenoxy) is 1. The van der Waals surface area contributed by atoms with Crippen molar-refractivity contribution < 1.29 is 19.0 Å². The molecule has 5 nitrogen and oxygen atoms in total. The van der Waals surface area contributed by atoms with Gasteiger partial charge >= 0.3 is 0 Å². The SMILES string of the molecule is Cl.O=C(NCC(O)COc1ccc(F)cc1)C1NCCc2ccccc21. The molecule has 1 heterocycles. The summed E-state index contributed by atoms with van der Waals surface area (Å²) in [7, 11) is 0. The van der Waals surface area contributed by atoms with Crippen molar-refractivity contribution in [2.24, 2.45) is 0 Å². The molecule has 0 radical (unpaired) electrons. The van der Waals surface area contributed by atoms with E-state index in [1.54, 1.807) is 0 Å². The van der Waals surface area contributed by atoms with Crippen LogP contribution in [-0.4, -0.2) is 36.8 Å². The second-order valence-electron chi connectivity index (χ2n) is 6.00. The number of amides is 1. The molecule has 0 spiro atoms. The fourth-order valence-corrected chi connectivity index (χ4v) is 2.84. The van der Waals surface area contributed by atoms with E-state index in [4.69, 9.17) is 4.74 Å². The second kappa shape index (κ2) is 9.52. The Bertz CT molecular complexity index is 727. The van der Waals surface area contributed by atoms with Gasteiger partial charge in [-0.25, -0.2) is 4.39 Å². The van der Waals surface area contributed by atoms with Crippen molar-refractivity contribution >= 4 is 18.3 Å². The van der Waals surface area contributed by atoms with Gasteiger partial charge in [0.2, 0.25) is 5.91 Å². The van der Waals surface area contributed by atoms with Crippen LogP contribution in [-0.2, 0) is 11.2 Å². The normalized spacial score (nSPS) is 16.8. The highest BCUT2D eigenvalue weighted by Gasteiger charge is 2.25. The molecular weight excluding hydrogens is 359 g/mol. The lowest BCUT2D eigenvalue weighted by Crippen LogP contribution is -2.44. The average molecular weight is 381 g/mol. The lowest BCUT2D eigenvalue weighted by molar-refractivity contribution is -0.124. The van der Waals surface area contributed by atoms with Gasteiger partial charge in [-0.05, 0) is 41.8 Å². The fourth-order valence-electron chi connectivity index (χ4n) is 2.84. The monoisotopic (exact) mass is 380 g/mol. The van der Waals surface area contributed by atoms with Crippen LogP contribution in [0.1, 0.15) is 17.2 Å². The number of nitrogens with one attached hydrogen (secondary N) is 2. The molecule has 1 aliphatic heterocycles. The number of hydrogen-bond acceptors (Lipinski definition) is 4. The smallest absolute Gasteiger partial charge is 0.241 e. The van der Waals surface area contributed by atoms with Crippen molar-refractivity contribution in [3.63, 3.8) is 0 Å². The zero-order valence-electron chi connectivity index (χ0n) is 14.2. The van der Waals surface area contributed by atoms with Gasteiger partial charge in [-0.1, -0.05) is 24.3 Å². The second-order valence-corrected chi connectivity index (χ2v) is 6.00. The number of hydrogen-bond donors (Lipinski definition) is 3. The topological polar surface area (TPSA) is 70.6 Å². The molecular formula is C19H22ClFN2O3. The van der Waals surface area contributed by atoms with E-state index in [9.17, 15) is 14.3 Å². The molecule has 2 unspecified atom stereocenters. The molecule has 0 saturated heterocycles. The summed E-state index contributed by atoms with van der Waals surface area (Å²) >= 11 is 0. The van der Waals surface area contributed by atoms with Crippen molar-refractivity contribution in [1.82, 2.24) is 10.6 Å². The van der Waals surface area contributed by atoms with Gasteiger partial charge in [-0.15, -0.1) is 12.4 Å². The standard InChI is InChI=1S/C19H21FN2O3.ClH/c20-14-5-7-16(8-6-14)25-12-15(23)11-22-19(24)18-17-4-2-1-3-13(17)9-10-21-18;/h1-8,15,18,21,23H,9-12H2,(H,22,24);1H. The van der Waals surface area contributed by atoms with Gasteiger partial charge in [0.05, 0.1) is 0 Å². The van der Waals surface area contributed by atoms with Gasteiger partial charge < -0.3 is 20.5 Å². The third-order valence-corrected chi connectivity index (χ3v) is 4.14. The summed E-state index contributed by atoms with van der Waals surface area (Å²) in [5.41, 5.74) is 2.14. The molecule has 26 heavy (non-hydrogen) atoms. The number of aliphatic hydroxyl groups is 1. The Morgan fingerprint density at radius 3 is 2.77 bits per heavy atom. The average Bonchev–Trinajstić information content (AvgIpc) is 2.65. The van der Waals surface area contributed by atoms with Crippen LogP contribution in [0.5, 0.6) is 5.75 Å². The van der Waals surface area contributed by atoms with Crippen LogP contribution in [0, 0.1) is 5.82 Å². The Hall–Kier alpha value is -2.15. The molecule has 2 atom stereocenters. The first-order chi connectivity index (χ1) is 12.1. The Labute approximate surface area is 158 Å². The Balaban J connectivity index is 0.00000243. The molecule has 1 aliphatic rings. The van der Waals surface area contributed by atoms with Gasteiger partial charge in [-0.3, -0.25) is 4.79 Å². The van der Waals surface area contributed by atoms with Crippen LogP contribution in [0.4, 0.5) is 4.39 Å². The first-order valence-electron chi connectivity index (χ1n) is 8.29. The molecule has 0 aliphatic carbocycles. The van der Waals surface area contributed by atoms with Crippen molar-refractivity contribution in [3.8, 4) is 5.75 Å². The Kier molecular flexibility index (Phi) is 7.38. The molecule has 0 saturated carbocycles. The van der Waals surface area contributed by atoms with E-state index in [0.717, 1.165) is 18.5 Å². The zero-order chi connectivity index (χ0) is 17.6. The van der Waals surface area contributed by atoms with E-state index in [1.807, 2.05) is 24.3 Å². The minimum absolute atomic E-state index is 0. The van der Waals surface area contributed by atoms with Crippen molar-refractivity contribution in [1.29, 1.82) is 0 Å². The van der Waals surface area contributed by atoms with E-state index in [-0.39, 0.29) is 37.3 Å². The molecule has 140 valence electrons. The number of halogens is 2. The third-order valence-electron chi connectivity index (χ3n) is 4.14. The summed E-state index contributed by atoms with van der Waals surface area (Å²) in [5, 5.41) is 15.9. The summed E-state index contributed by atoms with van der Waals surface area (Å²) in [5.74, 6) is -0.0527. The van der Waals surface area contributed by atoms with E-state index in [2.05, 4.69) is 10.6 Å². The van der Waals surface area contributed by atoms with Crippen LogP contribution < -0.4 is 15.4 Å². The highest BCUT2D eigenvalue weighted by atomic mass is 35.5. The Morgan fingerprint density at radius 2 is 2.00 bits per heavy atom. The molecule has 3 N–H and O–H groups in total. The highest BCUT2D eigenvalue weighted by molar-refractivity contribution is 5.85. The lowest BCUT2D eigenvalue weighted by Gasteiger charge is -2.26. The summed E-state index contributed by atoms with van der Waals surface area (Å²) in [6.45, 7) is 0.840. The quantitative estimate of drug-likeness (QED) is 0.716. The van der Waals surface area contributed by atoms with Gasteiger partial charge in [-0.2, -0.15) is 0 Å². The number of aliphatic hydroxyl groups excluding tert-OH is 1. The van der Waals surface area contributed by atoms with Crippen LogP contribution in [0.2, 0.25) is 0 Å². The zero-order valence-corrected chi connectivity index (χ0v) is 15.0. The first kappa shape index (κ1) is 20.2. The summed E-state index contributed by atoms with van der Waals surface area (Å²) < 4.78 is 18.2. The van der Waals surface area contributed by atoms with E-state index >= 15 is 0 Å². The molecule has 3 rings (SSSR count). The number of carbonyl (C=O) groups is 1. The molecule has 0 aromatic heterocycles. The predicted octanol–water partition coefficient (Wildman–Crippen LogP) is 1.99. The van der Waals surface area contributed by atoms with E-state index < -0.39 is 12.1 Å². The third kappa shape index (κ3) is 5.17. The molecule has 2 aromatic carbocycles. The minimum atomic E-state index is -0.854. The summed E-state index contributed by atoms with van der Waals surface area (Å²) in [6, 6.07) is 13.0. The van der Waals surface area contributed by atoms with Gasteiger partial charge in [0.15, 0.2) is 0 Å². The van der Waals surface area contributed by atoms with E-state index in [0.29, 0.717) is 5.75 Å². The maximum absolute atomic E-state index is 12.8. The summed E-state index contributed by atoms with van der Waals surface area (Å²) in [6.07, 6.45) is 0.0431. The van der Waals surface area contributed by atoms with Crippen molar-refractivity contribution in [2.45, 2.75) is 18.6 Å². The van der Waals surface area contributed by atoms with Gasteiger partial charge in [0, 0.05) is 13.1 Å². The van der Waals surface area contributed by atoms with Crippen LogP contribution in [0.3, 0.4) is 0 Å². The fraction of sp³-hybridized carbons (Fsp3) is 0.316. The lowest BCUT2D eigenvalue weighted by atomic mass is 9.94. The van der Waals surface area contributed by atoms with Crippen LogP contribution in [0.15, 0.2) is 48.5 Å². The molecule has 2 aromatic rings. The first-order valence-corrected chi connectivity index (χ1v) is 8.29. The van der Waals surface area contributed by atoms with Gasteiger partial charge in [0.25, 0.3) is 0 Å². The number of carbonyl (C=O) groups excluding carboxylic acids is 1. The Morgan fingerprint density at radius 1 is 1.27 bits per heavy atom. The molecule has 7 heteroatoms. The predicted molar refractivity (Wildman–Crippen MR) is 99.0 cm³/mol. The summed E-state index contributed by atoms with van der Waals surface area (Å²) in [4.78, 5) is 12.4. The van der Waals surface area contributed by atoms with Crippen LogP contribution in [0.25, 0.3) is 0 Å². The highest BCUT2D eigenvalue weighted by Crippen LogP contribution is 2.22. The number of benzene rings is 2. The van der Waals surface area contributed by atoms with Crippen molar-refractivity contribution in [2.75, 3.05) is 19.7 Å². The van der Waals surface area contributed by atoms with Gasteiger partial charge in [0.1, 0.15) is 30.3 Å². The molecule has 0 fully saturated rings.